The fourth-order valence-electron chi connectivity index (χ4n) is 3.57. The second-order valence-corrected chi connectivity index (χ2v) is 7.47. The van der Waals surface area contributed by atoms with Crippen molar-refractivity contribution in [2.45, 2.75) is 13.3 Å². The average Bonchev–Trinajstić information content (AvgIpc) is 3.36. The molecule has 0 N–H and O–H groups in total. The molecule has 1 aliphatic rings. The van der Waals surface area contributed by atoms with Gasteiger partial charge in [0.05, 0.1) is 5.69 Å². The van der Waals surface area contributed by atoms with Crippen LogP contribution in [0.3, 0.4) is 0 Å². The number of hydrogen-bond acceptors (Lipinski definition) is 3. The Labute approximate surface area is 155 Å². The maximum Gasteiger partial charge on any atom is 0.270 e. The molecule has 1 aliphatic heterocycles. The summed E-state index contributed by atoms with van der Waals surface area (Å²) in [6, 6.07) is 18.3. The van der Waals surface area contributed by atoms with Gasteiger partial charge in [-0.1, -0.05) is 59.9 Å². The van der Waals surface area contributed by atoms with Crippen molar-refractivity contribution >= 4 is 27.9 Å². The topological polar surface area (TPSA) is 37.6 Å². The maximum atomic E-state index is 13.1. The van der Waals surface area contributed by atoms with Crippen LogP contribution >= 0.6 is 11.3 Å². The first-order chi connectivity index (χ1) is 12.7. The van der Waals surface area contributed by atoms with Gasteiger partial charge in [-0.15, -0.1) is 0 Å². The minimum Gasteiger partial charge on any atom is -0.307 e. The number of benzene rings is 2. The van der Waals surface area contributed by atoms with E-state index in [-0.39, 0.29) is 5.91 Å². The molecule has 3 heterocycles. The highest BCUT2D eigenvalue weighted by Crippen LogP contribution is 2.33. The summed E-state index contributed by atoms with van der Waals surface area (Å²) < 4.78 is 2.03. The minimum atomic E-state index is 0.0733. The summed E-state index contributed by atoms with van der Waals surface area (Å²) in [6.07, 6.45) is 2.94. The standard InChI is InChI=1S/C21H17N3OS/c1-14-19(20(25)23-12-11-16-9-5-6-10-18(16)23)26-21-22-17(13-24(14)21)15-7-3-2-4-8-15/h2-10,13H,11-12H2,1H3. The monoisotopic (exact) mass is 359 g/mol. The quantitative estimate of drug-likeness (QED) is 0.526. The van der Waals surface area contributed by atoms with Crippen molar-refractivity contribution in [3.05, 3.63) is 76.9 Å². The summed E-state index contributed by atoms with van der Waals surface area (Å²) in [7, 11) is 0. The number of fused-ring (bicyclic) bond motifs is 2. The molecule has 4 aromatic rings. The lowest BCUT2D eigenvalue weighted by molar-refractivity contribution is 0.0992. The lowest BCUT2D eigenvalue weighted by atomic mass is 10.2. The van der Waals surface area contributed by atoms with E-state index in [0.717, 1.165) is 45.4 Å². The van der Waals surface area contributed by atoms with Crippen LogP contribution in [0.4, 0.5) is 5.69 Å². The highest BCUT2D eigenvalue weighted by atomic mass is 32.1. The summed E-state index contributed by atoms with van der Waals surface area (Å²) in [5, 5.41) is 0. The molecule has 0 radical (unpaired) electrons. The van der Waals surface area contributed by atoms with E-state index in [1.165, 1.54) is 16.9 Å². The molecular weight excluding hydrogens is 342 g/mol. The van der Waals surface area contributed by atoms with Crippen LogP contribution in [-0.4, -0.2) is 21.8 Å². The van der Waals surface area contributed by atoms with Gasteiger partial charge in [-0.25, -0.2) is 4.98 Å². The van der Waals surface area contributed by atoms with Crippen molar-refractivity contribution in [2.24, 2.45) is 0 Å². The second-order valence-electron chi connectivity index (χ2n) is 6.50. The van der Waals surface area contributed by atoms with Crippen LogP contribution in [0, 0.1) is 6.92 Å². The summed E-state index contributed by atoms with van der Waals surface area (Å²) in [4.78, 5) is 21.4. The largest absolute Gasteiger partial charge is 0.307 e. The molecule has 0 saturated heterocycles. The number of para-hydroxylation sites is 1. The van der Waals surface area contributed by atoms with Crippen LogP contribution in [0.15, 0.2) is 60.8 Å². The van der Waals surface area contributed by atoms with E-state index in [1.807, 2.05) is 58.8 Å². The summed E-state index contributed by atoms with van der Waals surface area (Å²) in [5.41, 5.74) is 5.25. The first kappa shape index (κ1) is 15.3. The normalized spacial score (nSPS) is 13.3. The van der Waals surface area contributed by atoms with E-state index in [1.54, 1.807) is 0 Å². The van der Waals surface area contributed by atoms with Crippen molar-refractivity contribution in [1.29, 1.82) is 0 Å². The molecule has 5 rings (SSSR count). The Hall–Kier alpha value is -2.92. The number of anilines is 1. The number of carbonyl (C=O) groups is 1. The number of amides is 1. The molecule has 1 amide bonds. The molecule has 0 atom stereocenters. The van der Waals surface area contributed by atoms with E-state index < -0.39 is 0 Å². The number of nitrogens with zero attached hydrogens (tertiary/aromatic N) is 3. The van der Waals surface area contributed by atoms with E-state index in [9.17, 15) is 4.79 Å². The van der Waals surface area contributed by atoms with Crippen LogP contribution in [0.5, 0.6) is 0 Å². The van der Waals surface area contributed by atoms with Crippen LogP contribution < -0.4 is 4.90 Å². The zero-order valence-corrected chi connectivity index (χ0v) is 15.2. The van der Waals surface area contributed by atoms with Gasteiger partial charge >= 0.3 is 0 Å². The predicted molar refractivity (Wildman–Crippen MR) is 105 cm³/mol. The number of imidazole rings is 1. The third-order valence-electron chi connectivity index (χ3n) is 4.95. The number of carbonyl (C=O) groups excluding carboxylic acids is 1. The molecule has 2 aromatic carbocycles. The van der Waals surface area contributed by atoms with Gasteiger partial charge in [-0.3, -0.25) is 9.20 Å². The fraction of sp³-hybridized carbons (Fsp3) is 0.143. The van der Waals surface area contributed by atoms with Gasteiger partial charge in [-0.05, 0) is 25.0 Å². The molecule has 128 valence electrons. The van der Waals surface area contributed by atoms with Gasteiger partial charge in [0.25, 0.3) is 5.91 Å². The van der Waals surface area contributed by atoms with Crippen molar-refractivity contribution in [3.63, 3.8) is 0 Å². The lowest BCUT2D eigenvalue weighted by Crippen LogP contribution is -2.28. The smallest absolute Gasteiger partial charge is 0.270 e. The van der Waals surface area contributed by atoms with E-state index in [2.05, 4.69) is 18.2 Å². The molecule has 0 fully saturated rings. The molecule has 0 bridgehead atoms. The van der Waals surface area contributed by atoms with Crippen LogP contribution in [0.25, 0.3) is 16.2 Å². The molecule has 0 spiro atoms. The number of aromatic nitrogens is 2. The summed E-state index contributed by atoms with van der Waals surface area (Å²) in [6.45, 7) is 2.74. The Morgan fingerprint density at radius 3 is 2.65 bits per heavy atom. The average molecular weight is 359 g/mol. The number of aryl methyl sites for hydroxylation is 1. The molecule has 5 heteroatoms. The third-order valence-corrected chi connectivity index (χ3v) is 6.10. The molecule has 26 heavy (non-hydrogen) atoms. The Bertz CT molecular complexity index is 1130. The van der Waals surface area contributed by atoms with Crippen molar-refractivity contribution in [2.75, 3.05) is 11.4 Å². The Morgan fingerprint density at radius 2 is 1.85 bits per heavy atom. The molecular formula is C21H17N3OS. The number of thiazole rings is 1. The van der Waals surface area contributed by atoms with E-state index in [0.29, 0.717) is 0 Å². The lowest BCUT2D eigenvalue weighted by Gasteiger charge is -2.16. The molecule has 0 saturated carbocycles. The zero-order valence-electron chi connectivity index (χ0n) is 14.3. The van der Waals surface area contributed by atoms with Gasteiger partial charge < -0.3 is 4.90 Å². The highest BCUT2D eigenvalue weighted by Gasteiger charge is 2.28. The van der Waals surface area contributed by atoms with E-state index in [4.69, 9.17) is 4.98 Å². The molecule has 0 unspecified atom stereocenters. The van der Waals surface area contributed by atoms with Crippen molar-refractivity contribution in [3.8, 4) is 11.3 Å². The number of hydrogen-bond donors (Lipinski definition) is 0. The van der Waals surface area contributed by atoms with Crippen molar-refractivity contribution < 1.29 is 4.79 Å². The van der Waals surface area contributed by atoms with Gasteiger partial charge in [0.2, 0.25) is 0 Å². The minimum absolute atomic E-state index is 0.0733. The number of rotatable bonds is 2. The van der Waals surface area contributed by atoms with Crippen LogP contribution in [0.2, 0.25) is 0 Å². The molecule has 4 nitrogen and oxygen atoms in total. The van der Waals surface area contributed by atoms with Gasteiger partial charge in [0, 0.05) is 29.7 Å². The SMILES string of the molecule is Cc1c(C(=O)N2CCc3ccccc32)sc2nc(-c3ccccc3)cn12. The maximum absolute atomic E-state index is 13.1. The van der Waals surface area contributed by atoms with Gasteiger partial charge in [0.1, 0.15) is 4.88 Å². The summed E-state index contributed by atoms with van der Waals surface area (Å²) >= 11 is 1.47. The Kier molecular flexibility index (Phi) is 3.43. The predicted octanol–water partition coefficient (Wildman–Crippen LogP) is 4.57. The fourth-order valence-corrected chi connectivity index (χ4v) is 4.63. The van der Waals surface area contributed by atoms with Crippen molar-refractivity contribution in [1.82, 2.24) is 9.38 Å². The molecule has 2 aromatic heterocycles. The van der Waals surface area contributed by atoms with Crippen LogP contribution in [0.1, 0.15) is 20.9 Å². The zero-order chi connectivity index (χ0) is 17.7. The van der Waals surface area contributed by atoms with Gasteiger partial charge in [0.15, 0.2) is 4.96 Å². The summed E-state index contributed by atoms with van der Waals surface area (Å²) in [5.74, 6) is 0.0733. The van der Waals surface area contributed by atoms with Crippen LogP contribution in [-0.2, 0) is 6.42 Å². The first-order valence-electron chi connectivity index (χ1n) is 8.66. The highest BCUT2D eigenvalue weighted by molar-refractivity contribution is 7.19. The Balaban J connectivity index is 1.53. The Morgan fingerprint density at radius 1 is 1.08 bits per heavy atom. The third kappa shape index (κ3) is 2.28. The molecule has 0 aliphatic carbocycles. The van der Waals surface area contributed by atoms with Gasteiger partial charge in [-0.2, -0.15) is 0 Å². The second kappa shape index (κ2) is 5.81. The first-order valence-corrected chi connectivity index (χ1v) is 9.48. The van der Waals surface area contributed by atoms with E-state index >= 15 is 0 Å².